The average molecular weight is 321 g/mol. The van der Waals surface area contributed by atoms with Crippen molar-refractivity contribution in [1.82, 2.24) is 15.2 Å². The Balaban J connectivity index is 2.24. The van der Waals surface area contributed by atoms with E-state index in [1.807, 2.05) is 24.3 Å². The number of aromatic amines is 1. The first-order chi connectivity index (χ1) is 8.77. The fourth-order valence-electron chi connectivity index (χ4n) is 1.81. The Morgan fingerprint density at radius 1 is 1.28 bits per heavy atom. The number of nitrogens with zero attached hydrogens (tertiary/aromatic N) is 2. The molecule has 3 N–H and O–H groups in total. The zero-order chi connectivity index (χ0) is 12.5. The molecule has 0 fully saturated rings. The van der Waals surface area contributed by atoms with Gasteiger partial charge in [0.25, 0.3) is 0 Å². The van der Waals surface area contributed by atoms with Crippen molar-refractivity contribution >= 4 is 33.1 Å². The summed E-state index contributed by atoms with van der Waals surface area (Å²) in [6, 6.07) is 7.94. The lowest BCUT2D eigenvalue weighted by atomic mass is 10.1. The number of thiazole rings is 1. The summed E-state index contributed by atoms with van der Waals surface area (Å²) in [7, 11) is 0. The molecule has 2 heterocycles. The standard InChI is InChI=1S/C12H9BrN4S/c13-8-4-2-1-3-7(8)10-11(16-17-12(10)14)9-5-15-6-18-9/h1-6H,(H3,14,16,17). The normalized spacial score (nSPS) is 10.7. The van der Waals surface area contributed by atoms with Gasteiger partial charge in [-0.2, -0.15) is 5.10 Å². The van der Waals surface area contributed by atoms with E-state index in [4.69, 9.17) is 5.73 Å². The number of nitrogen functional groups attached to an aromatic ring is 1. The highest BCUT2D eigenvalue weighted by molar-refractivity contribution is 9.10. The number of halogens is 1. The number of benzene rings is 1. The SMILES string of the molecule is Nc1n[nH]c(-c2cncs2)c1-c1ccccc1Br. The van der Waals surface area contributed by atoms with E-state index < -0.39 is 0 Å². The molecule has 2 aromatic heterocycles. The summed E-state index contributed by atoms with van der Waals surface area (Å²) < 4.78 is 0.990. The Morgan fingerprint density at radius 3 is 2.83 bits per heavy atom. The van der Waals surface area contributed by atoms with Crippen molar-refractivity contribution in [3.63, 3.8) is 0 Å². The molecular weight excluding hydrogens is 312 g/mol. The predicted molar refractivity (Wildman–Crippen MR) is 77.2 cm³/mol. The number of hydrogen-bond donors (Lipinski definition) is 2. The molecule has 6 heteroatoms. The molecule has 4 nitrogen and oxygen atoms in total. The molecule has 0 aliphatic rings. The van der Waals surface area contributed by atoms with Crippen LogP contribution in [0, 0.1) is 0 Å². The number of nitrogens with one attached hydrogen (secondary N) is 1. The van der Waals surface area contributed by atoms with Gasteiger partial charge >= 0.3 is 0 Å². The molecule has 0 atom stereocenters. The van der Waals surface area contributed by atoms with Crippen LogP contribution in [0.3, 0.4) is 0 Å². The van der Waals surface area contributed by atoms with E-state index in [0.717, 1.165) is 26.2 Å². The Hall–Kier alpha value is -1.66. The molecule has 3 aromatic rings. The van der Waals surface area contributed by atoms with Crippen molar-refractivity contribution in [2.75, 3.05) is 5.73 Å². The molecule has 0 amide bonds. The Bertz CT molecular complexity index is 675. The maximum Gasteiger partial charge on any atom is 0.153 e. The van der Waals surface area contributed by atoms with Gasteiger partial charge in [-0.15, -0.1) is 11.3 Å². The summed E-state index contributed by atoms with van der Waals surface area (Å²) in [6.45, 7) is 0. The Kier molecular flexibility index (Phi) is 2.89. The van der Waals surface area contributed by atoms with Crippen molar-refractivity contribution in [1.29, 1.82) is 0 Å². The van der Waals surface area contributed by atoms with Gasteiger partial charge in [0, 0.05) is 16.2 Å². The van der Waals surface area contributed by atoms with Gasteiger partial charge in [0.15, 0.2) is 5.82 Å². The van der Waals surface area contributed by atoms with Crippen LogP contribution in [0.25, 0.3) is 21.7 Å². The maximum atomic E-state index is 5.97. The Morgan fingerprint density at radius 2 is 2.11 bits per heavy atom. The summed E-state index contributed by atoms with van der Waals surface area (Å²) in [6.07, 6.45) is 1.80. The molecule has 0 bridgehead atoms. The molecule has 18 heavy (non-hydrogen) atoms. The molecule has 0 aliphatic carbocycles. The first-order valence-corrected chi connectivity index (χ1v) is 6.92. The third kappa shape index (κ3) is 1.83. The lowest BCUT2D eigenvalue weighted by Gasteiger charge is -2.05. The molecule has 90 valence electrons. The van der Waals surface area contributed by atoms with E-state index in [9.17, 15) is 0 Å². The van der Waals surface area contributed by atoms with Gasteiger partial charge in [0.1, 0.15) is 0 Å². The molecule has 3 rings (SSSR count). The fraction of sp³-hybridized carbons (Fsp3) is 0. The van der Waals surface area contributed by atoms with E-state index in [0.29, 0.717) is 5.82 Å². The van der Waals surface area contributed by atoms with Crippen molar-refractivity contribution in [2.24, 2.45) is 0 Å². The number of H-pyrrole nitrogens is 1. The third-order valence-electron chi connectivity index (χ3n) is 2.62. The monoisotopic (exact) mass is 320 g/mol. The molecule has 1 aromatic carbocycles. The summed E-state index contributed by atoms with van der Waals surface area (Å²) in [4.78, 5) is 5.10. The van der Waals surface area contributed by atoms with Crippen LogP contribution in [0.5, 0.6) is 0 Å². The summed E-state index contributed by atoms with van der Waals surface area (Å²) in [5, 5.41) is 7.08. The van der Waals surface area contributed by atoms with E-state index in [1.165, 1.54) is 0 Å². The predicted octanol–water partition coefficient (Wildman–Crippen LogP) is 3.54. The third-order valence-corrected chi connectivity index (χ3v) is 4.10. The first-order valence-electron chi connectivity index (χ1n) is 5.25. The molecule has 0 unspecified atom stereocenters. The Labute approximate surface area is 116 Å². The van der Waals surface area contributed by atoms with Gasteiger partial charge in [0.05, 0.1) is 21.6 Å². The van der Waals surface area contributed by atoms with Crippen LogP contribution in [0.4, 0.5) is 5.82 Å². The molecule has 0 radical (unpaired) electrons. The molecule has 0 saturated heterocycles. The smallest absolute Gasteiger partial charge is 0.153 e. The van der Waals surface area contributed by atoms with Crippen LogP contribution in [-0.4, -0.2) is 15.2 Å². The number of aromatic nitrogens is 3. The van der Waals surface area contributed by atoms with Crippen LogP contribution in [0.15, 0.2) is 40.4 Å². The van der Waals surface area contributed by atoms with Crippen molar-refractivity contribution < 1.29 is 0 Å². The van der Waals surface area contributed by atoms with Gasteiger partial charge in [-0.3, -0.25) is 10.1 Å². The molecule has 0 saturated carbocycles. The maximum absolute atomic E-state index is 5.97. The largest absolute Gasteiger partial charge is 0.382 e. The number of anilines is 1. The van der Waals surface area contributed by atoms with Gasteiger partial charge in [-0.05, 0) is 6.07 Å². The van der Waals surface area contributed by atoms with E-state index >= 15 is 0 Å². The van der Waals surface area contributed by atoms with Gasteiger partial charge in [-0.25, -0.2) is 0 Å². The highest BCUT2D eigenvalue weighted by Gasteiger charge is 2.17. The fourth-order valence-corrected chi connectivity index (χ4v) is 2.92. The van der Waals surface area contributed by atoms with E-state index in [2.05, 4.69) is 31.1 Å². The summed E-state index contributed by atoms with van der Waals surface area (Å²) in [5.41, 5.74) is 10.6. The minimum Gasteiger partial charge on any atom is -0.382 e. The minimum atomic E-state index is 0.491. The average Bonchev–Trinajstić information content (AvgIpc) is 2.99. The zero-order valence-electron chi connectivity index (χ0n) is 9.22. The molecule has 0 spiro atoms. The van der Waals surface area contributed by atoms with Crippen LogP contribution in [0.1, 0.15) is 0 Å². The number of nitrogens with two attached hydrogens (primary N) is 1. The topological polar surface area (TPSA) is 67.6 Å². The van der Waals surface area contributed by atoms with Crippen molar-refractivity contribution in [2.45, 2.75) is 0 Å². The van der Waals surface area contributed by atoms with Crippen LogP contribution < -0.4 is 5.73 Å². The zero-order valence-corrected chi connectivity index (χ0v) is 11.6. The van der Waals surface area contributed by atoms with Gasteiger partial charge in [-0.1, -0.05) is 34.1 Å². The van der Waals surface area contributed by atoms with Crippen molar-refractivity contribution in [3.05, 3.63) is 40.4 Å². The summed E-state index contributed by atoms with van der Waals surface area (Å²) in [5.74, 6) is 0.491. The van der Waals surface area contributed by atoms with Crippen molar-refractivity contribution in [3.8, 4) is 21.7 Å². The number of hydrogen-bond acceptors (Lipinski definition) is 4. The second kappa shape index (κ2) is 4.55. The highest BCUT2D eigenvalue weighted by Crippen LogP contribution is 2.39. The van der Waals surface area contributed by atoms with E-state index in [1.54, 1.807) is 23.0 Å². The van der Waals surface area contributed by atoms with Gasteiger partial charge in [0.2, 0.25) is 0 Å². The summed E-state index contributed by atoms with van der Waals surface area (Å²) >= 11 is 5.09. The molecule has 0 aliphatic heterocycles. The lowest BCUT2D eigenvalue weighted by molar-refractivity contribution is 1.10. The minimum absolute atomic E-state index is 0.491. The second-order valence-electron chi connectivity index (χ2n) is 3.70. The van der Waals surface area contributed by atoms with Crippen LogP contribution in [0.2, 0.25) is 0 Å². The lowest BCUT2D eigenvalue weighted by Crippen LogP contribution is -1.89. The quantitative estimate of drug-likeness (QED) is 0.758. The highest BCUT2D eigenvalue weighted by atomic mass is 79.9. The van der Waals surface area contributed by atoms with Crippen LogP contribution >= 0.6 is 27.3 Å². The number of rotatable bonds is 2. The first kappa shape index (κ1) is 11.4. The van der Waals surface area contributed by atoms with Gasteiger partial charge < -0.3 is 5.73 Å². The van der Waals surface area contributed by atoms with Crippen LogP contribution in [-0.2, 0) is 0 Å². The van der Waals surface area contributed by atoms with E-state index in [-0.39, 0.29) is 0 Å². The second-order valence-corrected chi connectivity index (χ2v) is 5.45. The molecular formula is C12H9BrN4S.